The van der Waals surface area contributed by atoms with Crippen LogP contribution >= 0.6 is 0 Å². The lowest BCUT2D eigenvalue weighted by atomic mass is 10.2. The molecule has 0 aliphatic heterocycles. The molecule has 1 aromatic rings. The van der Waals surface area contributed by atoms with E-state index in [0.29, 0.717) is 12.2 Å². The lowest BCUT2D eigenvalue weighted by Crippen LogP contribution is -2.19. The van der Waals surface area contributed by atoms with E-state index in [0.717, 1.165) is 5.69 Å². The van der Waals surface area contributed by atoms with Crippen molar-refractivity contribution in [2.24, 2.45) is 0 Å². The molecule has 0 saturated heterocycles. The van der Waals surface area contributed by atoms with E-state index in [4.69, 9.17) is 5.73 Å². The maximum atomic E-state index is 12.0. The van der Waals surface area contributed by atoms with Gasteiger partial charge in [-0.05, 0) is 18.2 Å². The molecule has 12 heavy (non-hydrogen) atoms. The van der Waals surface area contributed by atoms with Crippen molar-refractivity contribution in [3.05, 3.63) is 24.3 Å². The Labute approximate surface area is 71.8 Å². The van der Waals surface area contributed by atoms with Crippen LogP contribution in [0.3, 0.4) is 0 Å². The minimum absolute atomic E-state index is 0.342. The third-order valence-electron chi connectivity index (χ3n) is 1.73. The highest BCUT2D eigenvalue weighted by Gasteiger charge is 1.98. The Morgan fingerprint density at radius 3 is 2.83 bits per heavy atom. The van der Waals surface area contributed by atoms with Gasteiger partial charge in [-0.25, -0.2) is 4.39 Å². The van der Waals surface area contributed by atoms with Gasteiger partial charge in [-0.1, -0.05) is 6.07 Å². The van der Waals surface area contributed by atoms with Crippen LogP contribution in [0.1, 0.15) is 0 Å². The summed E-state index contributed by atoms with van der Waals surface area (Å²) in [7, 11) is 1.84. The van der Waals surface area contributed by atoms with Gasteiger partial charge in [0.05, 0.1) is 0 Å². The summed E-state index contributed by atoms with van der Waals surface area (Å²) in [5.74, 6) is 0. The summed E-state index contributed by atoms with van der Waals surface area (Å²) in [5, 5.41) is 0. The number of hydrogen-bond donors (Lipinski definition) is 1. The topological polar surface area (TPSA) is 29.3 Å². The zero-order valence-corrected chi connectivity index (χ0v) is 7.13. The number of nitrogens with two attached hydrogens (primary N) is 1. The molecule has 0 radical (unpaired) electrons. The number of rotatable bonds is 3. The first kappa shape index (κ1) is 8.84. The first-order valence-electron chi connectivity index (χ1n) is 3.86. The van der Waals surface area contributed by atoms with Crippen molar-refractivity contribution in [2.75, 3.05) is 30.9 Å². The zero-order chi connectivity index (χ0) is 8.97. The Balaban J connectivity index is 2.73. The third-order valence-corrected chi connectivity index (χ3v) is 1.73. The summed E-state index contributed by atoms with van der Waals surface area (Å²) >= 11 is 0. The first-order chi connectivity index (χ1) is 5.74. The van der Waals surface area contributed by atoms with E-state index in [2.05, 4.69) is 0 Å². The molecule has 0 aromatic heterocycles. The zero-order valence-electron chi connectivity index (χ0n) is 7.13. The summed E-state index contributed by atoms with van der Waals surface area (Å²) in [6, 6.07) is 7.41. The van der Waals surface area contributed by atoms with E-state index >= 15 is 0 Å². The molecule has 66 valence electrons. The van der Waals surface area contributed by atoms with Gasteiger partial charge in [0.15, 0.2) is 0 Å². The largest absolute Gasteiger partial charge is 0.399 e. The molecule has 0 unspecified atom stereocenters. The highest BCUT2D eigenvalue weighted by atomic mass is 19.1. The predicted molar refractivity (Wildman–Crippen MR) is 50.1 cm³/mol. The van der Waals surface area contributed by atoms with E-state index in [-0.39, 0.29) is 6.67 Å². The number of nitrogens with zero attached hydrogens (tertiary/aromatic N) is 1. The third kappa shape index (κ3) is 2.12. The molecule has 0 aliphatic rings. The van der Waals surface area contributed by atoms with Crippen molar-refractivity contribution in [2.45, 2.75) is 0 Å². The molecule has 1 rings (SSSR count). The quantitative estimate of drug-likeness (QED) is 0.696. The van der Waals surface area contributed by atoms with Crippen molar-refractivity contribution < 1.29 is 4.39 Å². The average molecular weight is 168 g/mol. The molecule has 0 aliphatic carbocycles. The number of halogens is 1. The minimum atomic E-state index is -0.342. The summed E-state index contributed by atoms with van der Waals surface area (Å²) in [4.78, 5) is 1.83. The van der Waals surface area contributed by atoms with Crippen LogP contribution in [0, 0.1) is 0 Å². The minimum Gasteiger partial charge on any atom is -0.399 e. The fraction of sp³-hybridized carbons (Fsp3) is 0.333. The summed E-state index contributed by atoms with van der Waals surface area (Å²) in [6.07, 6.45) is 0. The number of hydrogen-bond acceptors (Lipinski definition) is 2. The van der Waals surface area contributed by atoms with Crippen molar-refractivity contribution in [3.8, 4) is 0 Å². The van der Waals surface area contributed by atoms with Crippen LogP contribution in [0.5, 0.6) is 0 Å². The molecule has 2 nitrogen and oxygen atoms in total. The molecule has 0 amide bonds. The molecule has 3 heteroatoms. The van der Waals surface area contributed by atoms with Crippen molar-refractivity contribution in [3.63, 3.8) is 0 Å². The van der Waals surface area contributed by atoms with Gasteiger partial charge in [0.25, 0.3) is 0 Å². The van der Waals surface area contributed by atoms with Crippen LogP contribution < -0.4 is 10.6 Å². The Kier molecular flexibility index (Phi) is 2.91. The van der Waals surface area contributed by atoms with Gasteiger partial charge in [0.2, 0.25) is 0 Å². The Morgan fingerprint density at radius 2 is 2.25 bits per heavy atom. The fourth-order valence-electron chi connectivity index (χ4n) is 1.02. The summed E-state index contributed by atoms with van der Waals surface area (Å²) < 4.78 is 12.0. The van der Waals surface area contributed by atoms with E-state index in [9.17, 15) is 4.39 Å². The van der Waals surface area contributed by atoms with Crippen LogP contribution in [-0.4, -0.2) is 20.3 Å². The van der Waals surface area contributed by atoms with Crippen molar-refractivity contribution in [1.29, 1.82) is 0 Å². The van der Waals surface area contributed by atoms with E-state index < -0.39 is 0 Å². The van der Waals surface area contributed by atoms with Gasteiger partial charge in [0, 0.05) is 25.0 Å². The molecular formula is C9H13FN2. The van der Waals surface area contributed by atoms with Crippen LogP contribution in [-0.2, 0) is 0 Å². The van der Waals surface area contributed by atoms with Crippen molar-refractivity contribution in [1.82, 2.24) is 0 Å². The smallest absolute Gasteiger partial charge is 0.107 e. The lowest BCUT2D eigenvalue weighted by Gasteiger charge is -2.17. The van der Waals surface area contributed by atoms with Gasteiger partial charge in [-0.3, -0.25) is 0 Å². The summed E-state index contributed by atoms with van der Waals surface area (Å²) in [6.45, 7) is 0.0642. The fourth-order valence-corrected chi connectivity index (χ4v) is 1.02. The Morgan fingerprint density at radius 1 is 1.50 bits per heavy atom. The molecule has 0 saturated carbocycles. The molecule has 2 N–H and O–H groups in total. The Bertz CT molecular complexity index is 250. The van der Waals surface area contributed by atoms with Crippen LogP contribution in [0.4, 0.5) is 15.8 Å². The molecule has 0 heterocycles. The highest BCUT2D eigenvalue weighted by Crippen LogP contribution is 2.15. The maximum absolute atomic E-state index is 12.0. The first-order valence-corrected chi connectivity index (χ1v) is 3.86. The molecule has 0 fully saturated rings. The second kappa shape index (κ2) is 3.95. The summed E-state index contributed by atoms with van der Waals surface area (Å²) in [5.41, 5.74) is 7.23. The molecule has 0 spiro atoms. The van der Waals surface area contributed by atoms with Crippen LogP contribution in [0.15, 0.2) is 24.3 Å². The predicted octanol–water partition coefficient (Wildman–Crippen LogP) is 1.67. The van der Waals surface area contributed by atoms with Gasteiger partial charge in [0.1, 0.15) is 6.67 Å². The molecule has 0 atom stereocenters. The second-order valence-electron chi connectivity index (χ2n) is 2.71. The standard InChI is InChI=1S/C9H13FN2/c1-12(6-5-10)9-4-2-3-8(11)7-9/h2-4,7H,5-6,11H2,1H3. The normalized spacial score (nSPS) is 9.83. The molecule has 1 aromatic carbocycles. The van der Waals surface area contributed by atoms with Gasteiger partial charge >= 0.3 is 0 Å². The average Bonchev–Trinajstić information content (AvgIpc) is 2.05. The van der Waals surface area contributed by atoms with Crippen LogP contribution in [0.25, 0.3) is 0 Å². The Hall–Kier alpha value is -1.25. The van der Waals surface area contributed by atoms with Gasteiger partial charge in [-0.15, -0.1) is 0 Å². The van der Waals surface area contributed by atoms with Gasteiger partial charge in [-0.2, -0.15) is 0 Å². The number of benzene rings is 1. The lowest BCUT2D eigenvalue weighted by molar-refractivity contribution is 0.497. The van der Waals surface area contributed by atoms with Crippen LogP contribution in [0.2, 0.25) is 0 Å². The molecular weight excluding hydrogens is 155 g/mol. The SMILES string of the molecule is CN(CCF)c1cccc(N)c1. The number of anilines is 2. The van der Waals surface area contributed by atoms with E-state index in [1.165, 1.54) is 0 Å². The monoisotopic (exact) mass is 168 g/mol. The second-order valence-corrected chi connectivity index (χ2v) is 2.71. The number of nitrogen functional groups attached to an aromatic ring is 1. The highest BCUT2D eigenvalue weighted by molar-refractivity contribution is 5.55. The van der Waals surface area contributed by atoms with E-state index in [1.807, 2.05) is 36.2 Å². The van der Waals surface area contributed by atoms with E-state index in [1.54, 1.807) is 0 Å². The number of alkyl halides is 1. The van der Waals surface area contributed by atoms with Crippen molar-refractivity contribution >= 4 is 11.4 Å². The maximum Gasteiger partial charge on any atom is 0.107 e. The van der Waals surface area contributed by atoms with Gasteiger partial charge < -0.3 is 10.6 Å². The molecule has 0 bridgehead atoms.